The average Bonchev–Trinajstić information content (AvgIpc) is 3.08. The molecule has 3 heterocycles. The zero-order valence-electron chi connectivity index (χ0n) is 19.8. The van der Waals surface area contributed by atoms with Crippen LogP contribution in [0.2, 0.25) is 5.02 Å². The van der Waals surface area contributed by atoms with Crippen LogP contribution in [0.15, 0.2) is 36.4 Å². The second kappa shape index (κ2) is 8.62. The van der Waals surface area contributed by atoms with Gasteiger partial charge in [0.05, 0.1) is 5.69 Å². The highest BCUT2D eigenvalue weighted by Gasteiger charge is 2.33. The lowest BCUT2D eigenvalue weighted by Gasteiger charge is -2.40. The smallest absolute Gasteiger partial charge is 0.254 e. The first kappa shape index (κ1) is 22.2. The molecule has 0 radical (unpaired) electrons. The van der Waals surface area contributed by atoms with E-state index in [0.29, 0.717) is 12.0 Å². The third-order valence-electron chi connectivity index (χ3n) is 7.38. The zero-order valence-corrected chi connectivity index (χ0v) is 20.5. The quantitative estimate of drug-likeness (QED) is 0.595. The van der Waals surface area contributed by atoms with Crippen molar-refractivity contribution >= 4 is 17.5 Å². The van der Waals surface area contributed by atoms with Gasteiger partial charge >= 0.3 is 0 Å². The number of hydrogen-bond acceptors (Lipinski definition) is 3. The van der Waals surface area contributed by atoms with E-state index < -0.39 is 0 Å². The third-order valence-corrected chi connectivity index (χ3v) is 7.64. The van der Waals surface area contributed by atoms with E-state index in [1.165, 1.54) is 11.3 Å². The van der Waals surface area contributed by atoms with E-state index in [1.807, 2.05) is 30.0 Å². The maximum Gasteiger partial charge on any atom is 0.254 e. The fourth-order valence-electron chi connectivity index (χ4n) is 5.00. The number of H-pyrrole nitrogens is 1. The fourth-order valence-corrected chi connectivity index (χ4v) is 5.13. The summed E-state index contributed by atoms with van der Waals surface area (Å²) in [6, 6.07) is 12.6. The van der Waals surface area contributed by atoms with Crippen molar-refractivity contribution in [1.29, 1.82) is 0 Å². The monoisotopic (exact) mass is 462 g/mol. The fraction of sp³-hybridized carbons (Fsp3) is 0.407. The van der Waals surface area contributed by atoms with E-state index in [0.717, 1.165) is 71.3 Å². The van der Waals surface area contributed by atoms with E-state index in [2.05, 4.69) is 49.0 Å². The van der Waals surface area contributed by atoms with Gasteiger partial charge in [-0.1, -0.05) is 29.8 Å². The number of imidazole rings is 1. The van der Waals surface area contributed by atoms with Gasteiger partial charge in [-0.2, -0.15) is 0 Å². The molecule has 1 unspecified atom stereocenters. The number of aromatic amines is 1. The number of amides is 1. The van der Waals surface area contributed by atoms with E-state index in [-0.39, 0.29) is 5.91 Å². The summed E-state index contributed by atoms with van der Waals surface area (Å²) in [4.78, 5) is 26.2. The Bertz CT molecular complexity index is 1190. The van der Waals surface area contributed by atoms with Crippen molar-refractivity contribution in [3.05, 3.63) is 75.1 Å². The number of rotatable bonds is 3. The molecule has 1 atom stereocenters. The van der Waals surface area contributed by atoms with Gasteiger partial charge in [-0.15, -0.1) is 0 Å². The molecule has 2 aromatic carbocycles. The van der Waals surface area contributed by atoms with Gasteiger partial charge in [-0.05, 0) is 62.7 Å². The van der Waals surface area contributed by atoms with E-state index in [4.69, 9.17) is 16.6 Å². The van der Waals surface area contributed by atoms with Gasteiger partial charge < -0.3 is 14.8 Å². The van der Waals surface area contributed by atoms with Crippen LogP contribution in [0.3, 0.4) is 0 Å². The largest absolute Gasteiger partial charge is 0.342 e. The summed E-state index contributed by atoms with van der Waals surface area (Å²) in [5.41, 5.74) is 7.56. The number of fused-ring (bicyclic) bond motifs is 1. The molecule has 2 aliphatic rings. The highest BCUT2D eigenvalue weighted by molar-refractivity contribution is 6.30. The van der Waals surface area contributed by atoms with Crippen molar-refractivity contribution in [2.24, 2.45) is 0 Å². The Hall–Kier alpha value is -2.63. The summed E-state index contributed by atoms with van der Waals surface area (Å²) in [5, 5.41) is 0.741. The number of nitrogens with zero attached hydrogens (tertiary/aromatic N) is 3. The van der Waals surface area contributed by atoms with E-state index in [1.54, 1.807) is 0 Å². The Morgan fingerprint density at radius 1 is 1.12 bits per heavy atom. The minimum atomic E-state index is 0.0994. The van der Waals surface area contributed by atoms with Crippen LogP contribution in [0.25, 0.3) is 11.4 Å². The number of likely N-dealkylation sites (tertiary alicyclic amines) is 1. The first-order chi connectivity index (χ1) is 15.8. The van der Waals surface area contributed by atoms with Crippen LogP contribution < -0.4 is 0 Å². The van der Waals surface area contributed by atoms with Gasteiger partial charge in [0, 0.05) is 66.3 Å². The first-order valence-corrected chi connectivity index (χ1v) is 12.1. The summed E-state index contributed by atoms with van der Waals surface area (Å²) in [6.45, 7) is 8.87. The number of carbonyl (C=O) groups is 1. The maximum absolute atomic E-state index is 13.4. The van der Waals surface area contributed by atoms with E-state index >= 15 is 0 Å². The van der Waals surface area contributed by atoms with Gasteiger partial charge in [0.15, 0.2) is 0 Å². The molecule has 0 bridgehead atoms. The van der Waals surface area contributed by atoms with Crippen molar-refractivity contribution in [2.45, 2.75) is 45.6 Å². The lowest BCUT2D eigenvalue weighted by atomic mass is 9.90. The number of hydrogen-bond donors (Lipinski definition) is 1. The highest BCUT2D eigenvalue weighted by Crippen LogP contribution is 2.32. The number of aromatic nitrogens is 2. The van der Waals surface area contributed by atoms with Crippen molar-refractivity contribution in [2.75, 3.05) is 26.7 Å². The van der Waals surface area contributed by atoms with Gasteiger partial charge in [-0.25, -0.2) is 4.98 Å². The summed E-state index contributed by atoms with van der Waals surface area (Å²) in [5.74, 6) is 1.35. The number of halogens is 1. The van der Waals surface area contributed by atoms with Crippen molar-refractivity contribution in [1.82, 2.24) is 19.8 Å². The predicted molar refractivity (Wildman–Crippen MR) is 133 cm³/mol. The van der Waals surface area contributed by atoms with Crippen LogP contribution in [0.1, 0.15) is 51.3 Å². The minimum absolute atomic E-state index is 0.0994. The Balaban J connectivity index is 1.38. The Labute approximate surface area is 200 Å². The van der Waals surface area contributed by atoms with Gasteiger partial charge in [0.25, 0.3) is 5.91 Å². The lowest BCUT2D eigenvalue weighted by Crippen LogP contribution is -2.48. The van der Waals surface area contributed by atoms with Crippen LogP contribution in [0.5, 0.6) is 0 Å². The zero-order chi connectivity index (χ0) is 23.3. The minimum Gasteiger partial charge on any atom is -0.342 e. The van der Waals surface area contributed by atoms with Crippen molar-refractivity contribution < 1.29 is 4.79 Å². The topological polar surface area (TPSA) is 52.2 Å². The van der Waals surface area contributed by atoms with Crippen molar-refractivity contribution in [3.63, 3.8) is 0 Å². The standard InChI is InChI=1S/C27H31ClN4O/c1-16-11-17(2)23(27(33)32-14-20(15-32)19-5-7-21(28)8-6-19)13-22(16)26-29-24-9-10-31(4)18(3)12-25(24)30-26/h5-8,11,13,18,20H,9-10,12,14-15H2,1-4H3,(H,29,30). The molecule has 5 rings (SSSR count). The summed E-state index contributed by atoms with van der Waals surface area (Å²) >= 11 is 6.01. The van der Waals surface area contributed by atoms with Crippen LogP contribution in [0, 0.1) is 13.8 Å². The molecular formula is C27H31ClN4O. The van der Waals surface area contributed by atoms with Crippen LogP contribution in [0.4, 0.5) is 0 Å². The van der Waals surface area contributed by atoms with E-state index in [9.17, 15) is 4.79 Å². The number of aryl methyl sites for hydroxylation is 2. The number of benzene rings is 2. The molecule has 5 nitrogen and oxygen atoms in total. The SMILES string of the molecule is Cc1cc(C)c(-c2nc3c([nH]2)CC(C)N(C)CC3)cc1C(=O)N1CC(c2ccc(Cl)cc2)C1. The molecular weight excluding hydrogens is 432 g/mol. The molecule has 0 aliphatic carbocycles. The normalized spacial score (nSPS) is 19.2. The Kier molecular flexibility index (Phi) is 5.79. The second-order valence-corrected chi connectivity index (χ2v) is 10.2. The lowest BCUT2D eigenvalue weighted by molar-refractivity contribution is 0.0601. The van der Waals surface area contributed by atoms with Crippen LogP contribution in [-0.4, -0.2) is 58.4 Å². The molecule has 172 valence electrons. The summed E-state index contributed by atoms with van der Waals surface area (Å²) in [7, 11) is 2.17. The molecule has 1 amide bonds. The second-order valence-electron chi connectivity index (χ2n) is 9.74. The number of nitrogens with one attached hydrogen (secondary N) is 1. The molecule has 1 fully saturated rings. The number of likely N-dealkylation sites (N-methyl/N-ethyl adjacent to an activating group) is 1. The van der Waals surface area contributed by atoms with Crippen LogP contribution in [-0.2, 0) is 12.8 Å². The molecule has 3 aromatic rings. The van der Waals surface area contributed by atoms with Gasteiger partial charge in [0.2, 0.25) is 0 Å². The molecule has 0 saturated carbocycles. The molecule has 6 heteroatoms. The first-order valence-electron chi connectivity index (χ1n) is 11.7. The summed E-state index contributed by atoms with van der Waals surface area (Å²) in [6.07, 6.45) is 1.92. The summed E-state index contributed by atoms with van der Waals surface area (Å²) < 4.78 is 0. The molecule has 33 heavy (non-hydrogen) atoms. The molecule has 1 N–H and O–H groups in total. The number of carbonyl (C=O) groups excluding carboxylic acids is 1. The Morgan fingerprint density at radius 3 is 2.58 bits per heavy atom. The maximum atomic E-state index is 13.4. The van der Waals surface area contributed by atoms with Gasteiger partial charge in [0.1, 0.15) is 5.82 Å². The molecule has 0 spiro atoms. The molecule has 1 aromatic heterocycles. The molecule has 1 saturated heterocycles. The predicted octanol–water partition coefficient (Wildman–Crippen LogP) is 5.01. The van der Waals surface area contributed by atoms with Gasteiger partial charge in [-0.3, -0.25) is 4.79 Å². The average molecular weight is 463 g/mol. The van der Waals surface area contributed by atoms with Crippen molar-refractivity contribution in [3.8, 4) is 11.4 Å². The van der Waals surface area contributed by atoms with Crippen LogP contribution >= 0.6 is 11.6 Å². The highest BCUT2D eigenvalue weighted by atomic mass is 35.5. The molecule has 2 aliphatic heterocycles. The Morgan fingerprint density at radius 2 is 1.85 bits per heavy atom. The third kappa shape index (κ3) is 4.20.